The minimum absolute atomic E-state index is 0.0514. The summed E-state index contributed by atoms with van der Waals surface area (Å²) in [7, 11) is -3.83. The summed E-state index contributed by atoms with van der Waals surface area (Å²) in [5.41, 5.74) is 8.68. The number of benzene rings is 2. The van der Waals surface area contributed by atoms with Crippen molar-refractivity contribution < 1.29 is 8.42 Å². The van der Waals surface area contributed by atoms with E-state index in [4.69, 9.17) is 10.7 Å². The van der Waals surface area contributed by atoms with E-state index < -0.39 is 9.84 Å². The maximum atomic E-state index is 13.5. The van der Waals surface area contributed by atoms with Gasteiger partial charge >= 0.3 is 0 Å². The number of nitrogens with zero attached hydrogens (tertiary/aromatic N) is 3. The lowest BCUT2D eigenvalue weighted by Gasteiger charge is -2.08. The van der Waals surface area contributed by atoms with Crippen molar-refractivity contribution in [1.82, 2.24) is 14.5 Å². The molecule has 6 nitrogen and oxygen atoms in total. The van der Waals surface area contributed by atoms with Crippen molar-refractivity contribution in [3.05, 3.63) is 54.6 Å². The van der Waals surface area contributed by atoms with Crippen molar-refractivity contribution in [2.24, 2.45) is 0 Å². The van der Waals surface area contributed by atoms with Crippen LogP contribution in [0.3, 0.4) is 0 Å². The Morgan fingerprint density at radius 2 is 1.50 bits per heavy atom. The zero-order chi connectivity index (χ0) is 21.1. The second-order valence-corrected chi connectivity index (χ2v) is 9.37. The van der Waals surface area contributed by atoms with E-state index in [2.05, 4.69) is 11.9 Å². The summed E-state index contributed by atoms with van der Waals surface area (Å²) in [6, 6.07) is 15.8. The Kier molecular flexibility index (Phi) is 5.72. The molecule has 156 valence electrons. The van der Waals surface area contributed by atoms with E-state index in [-0.39, 0.29) is 15.6 Å². The number of aryl methyl sites for hydroxylation is 1. The number of anilines is 1. The number of rotatable bonds is 8. The topological polar surface area (TPSA) is 90.9 Å². The molecule has 4 rings (SSSR count). The molecule has 0 unspecified atom stereocenters. The largest absolute Gasteiger partial charge is 0.384 e. The molecule has 0 radical (unpaired) electrons. The highest BCUT2D eigenvalue weighted by Gasteiger charge is 2.29. The number of hydrogen-bond donors (Lipinski definition) is 1. The maximum Gasteiger partial charge on any atom is 0.212 e. The van der Waals surface area contributed by atoms with Gasteiger partial charge in [0.05, 0.1) is 15.9 Å². The summed E-state index contributed by atoms with van der Waals surface area (Å²) < 4.78 is 28.8. The number of unbranched alkanes of at least 4 members (excludes halogenated alkanes) is 4. The molecule has 0 bridgehead atoms. The molecule has 7 heteroatoms. The molecule has 0 saturated carbocycles. The fourth-order valence-electron chi connectivity index (χ4n) is 3.77. The molecule has 2 aromatic carbocycles. The van der Waals surface area contributed by atoms with Crippen LogP contribution >= 0.6 is 0 Å². The maximum absolute atomic E-state index is 13.5. The van der Waals surface area contributed by atoms with Crippen LogP contribution in [0, 0.1) is 0 Å². The van der Waals surface area contributed by atoms with Crippen LogP contribution in [0.4, 0.5) is 5.82 Å². The third-order valence-corrected chi connectivity index (χ3v) is 7.19. The fraction of sp³-hybridized carbons (Fsp3) is 0.304. The van der Waals surface area contributed by atoms with Crippen LogP contribution in [0.25, 0.3) is 22.2 Å². The Hall–Kier alpha value is -2.93. The third kappa shape index (κ3) is 3.65. The normalized spacial score (nSPS) is 12.0. The highest BCUT2D eigenvalue weighted by molar-refractivity contribution is 7.92. The van der Waals surface area contributed by atoms with Gasteiger partial charge in [-0.1, -0.05) is 62.9 Å². The number of nitrogens with two attached hydrogens (primary N) is 1. The molecule has 0 aliphatic heterocycles. The average Bonchev–Trinajstić information content (AvgIpc) is 3.03. The van der Waals surface area contributed by atoms with Crippen LogP contribution in [0.15, 0.2) is 64.4 Å². The smallest absolute Gasteiger partial charge is 0.212 e. The minimum atomic E-state index is -3.83. The van der Waals surface area contributed by atoms with Crippen molar-refractivity contribution in [3.63, 3.8) is 0 Å². The molecule has 0 amide bonds. The molecule has 0 atom stereocenters. The van der Waals surface area contributed by atoms with Gasteiger partial charge in [-0.25, -0.2) is 18.4 Å². The number of para-hydroxylation sites is 2. The van der Waals surface area contributed by atoms with Crippen LogP contribution in [-0.2, 0) is 16.4 Å². The molecule has 0 spiro atoms. The molecule has 0 fully saturated rings. The lowest BCUT2D eigenvalue weighted by Crippen LogP contribution is -2.08. The summed E-state index contributed by atoms with van der Waals surface area (Å²) in [4.78, 5) is 9.66. The molecular formula is C23H26N4O2S. The third-order valence-electron chi connectivity index (χ3n) is 5.35. The first-order chi connectivity index (χ1) is 14.5. The van der Waals surface area contributed by atoms with E-state index in [1.54, 1.807) is 30.3 Å². The number of aromatic nitrogens is 3. The molecule has 0 saturated heterocycles. The van der Waals surface area contributed by atoms with Gasteiger partial charge < -0.3 is 10.3 Å². The Balaban J connectivity index is 1.89. The highest BCUT2D eigenvalue weighted by atomic mass is 32.2. The quantitative estimate of drug-likeness (QED) is 0.405. The van der Waals surface area contributed by atoms with Crippen LogP contribution in [0.5, 0.6) is 0 Å². The Morgan fingerprint density at radius 3 is 2.20 bits per heavy atom. The Morgan fingerprint density at radius 1 is 0.867 bits per heavy atom. The molecule has 0 aliphatic carbocycles. The summed E-state index contributed by atoms with van der Waals surface area (Å²) in [5, 5.41) is 0. The SMILES string of the molecule is CCCCCCCn1c(N)c(S(=O)(=O)c2ccccc2)c2nc3ccccc3nc21. The van der Waals surface area contributed by atoms with E-state index in [9.17, 15) is 8.42 Å². The van der Waals surface area contributed by atoms with Crippen LogP contribution in [-0.4, -0.2) is 23.0 Å². The molecule has 0 aliphatic rings. The monoisotopic (exact) mass is 422 g/mol. The van der Waals surface area contributed by atoms with Gasteiger partial charge in [-0.2, -0.15) is 0 Å². The number of hydrogen-bond acceptors (Lipinski definition) is 5. The minimum Gasteiger partial charge on any atom is -0.384 e. The van der Waals surface area contributed by atoms with E-state index in [1.807, 2.05) is 28.8 Å². The molecule has 4 aromatic rings. The predicted molar refractivity (Wildman–Crippen MR) is 120 cm³/mol. The second kappa shape index (κ2) is 8.44. The van der Waals surface area contributed by atoms with E-state index in [1.165, 1.54) is 12.8 Å². The van der Waals surface area contributed by atoms with Gasteiger partial charge in [0.15, 0.2) is 5.65 Å². The molecule has 2 heterocycles. The van der Waals surface area contributed by atoms with Crippen LogP contribution < -0.4 is 5.73 Å². The first-order valence-electron chi connectivity index (χ1n) is 10.4. The van der Waals surface area contributed by atoms with E-state index in [0.29, 0.717) is 23.2 Å². The first-order valence-corrected chi connectivity index (χ1v) is 11.9. The van der Waals surface area contributed by atoms with Crippen molar-refractivity contribution >= 4 is 37.9 Å². The summed E-state index contributed by atoms with van der Waals surface area (Å²) in [5.74, 6) is 0.208. The standard InChI is InChI=1S/C23H26N4O2S/c1-2-3-4-5-11-16-27-22(24)21(30(28,29)17-12-7-6-8-13-17)20-23(27)26-19-15-10-9-14-18(19)25-20/h6-10,12-15H,2-5,11,16,24H2,1H3. The zero-order valence-corrected chi connectivity index (χ0v) is 17.9. The van der Waals surface area contributed by atoms with Gasteiger partial charge in [0.25, 0.3) is 0 Å². The van der Waals surface area contributed by atoms with Crippen molar-refractivity contribution in [2.45, 2.75) is 55.4 Å². The van der Waals surface area contributed by atoms with Crippen molar-refractivity contribution in [1.29, 1.82) is 0 Å². The van der Waals surface area contributed by atoms with Gasteiger partial charge in [0.2, 0.25) is 9.84 Å². The highest BCUT2D eigenvalue weighted by Crippen LogP contribution is 2.35. The summed E-state index contributed by atoms with van der Waals surface area (Å²) in [6.45, 7) is 2.79. The van der Waals surface area contributed by atoms with Gasteiger partial charge in [-0.3, -0.25) is 0 Å². The number of sulfone groups is 1. The summed E-state index contributed by atoms with van der Waals surface area (Å²) in [6.07, 6.45) is 5.49. The zero-order valence-electron chi connectivity index (χ0n) is 17.1. The van der Waals surface area contributed by atoms with Crippen molar-refractivity contribution in [3.8, 4) is 0 Å². The first kappa shape index (κ1) is 20.3. The van der Waals surface area contributed by atoms with Gasteiger partial charge in [-0.15, -0.1) is 0 Å². The van der Waals surface area contributed by atoms with Crippen LogP contribution in [0.1, 0.15) is 39.0 Å². The molecule has 2 aromatic heterocycles. The lowest BCUT2D eigenvalue weighted by molar-refractivity contribution is 0.576. The predicted octanol–water partition coefficient (Wildman–Crippen LogP) is 4.97. The van der Waals surface area contributed by atoms with Gasteiger partial charge in [0, 0.05) is 6.54 Å². The van der Waals surface area contributed by atoms with E-state index >= 15 is 0 Å². The van der Waals surface area contributed by atoms with Crippen LogP contribution in [0.2, 0.25) is 0 Å². The van der Waals surface area contributed by atoms with Crippen molar-refractivity contribution in [2.75, 3.05) is 5.73 Å². The number of fused-ring (bicyclic) bond motifs is 2. The van der Waals surface area contributed by atoms with E-state index in [0.717, 1.165) is 24.8 Å². The van der Waals surface area contributed by atoms with Gasteiger partial charge in [-0.05, 0) is 30.7 Å². The van der Waals surface area contributed by atoms with Gasteiger partial charge in [0.1, 0.15) is 16.2 Å². The lowest BCUT2D eigenvalue weighted by atomic mass is 10.1. The number of nitrogen functional groups attached to an aromatic ring is 1. The molecular weight excluding hydrogens is 396 g/mol. The average molecular weight is 423 g/mol. The Bertz CT molecular complexity index is 1280. The second-order valence-electron chi connectivity index (χ2n) is 7.48. The molecule has 30 heavy (non-hydrogen) atoms. The fourth-order valence-corrected chi connectivity index (χ4v) is 5.30. The summed E-state index contributed by atoms with van der Waals surface area (Å²) >= 11 is 0. The molecule has 2 N–H and O–H groups in total. The Labute approximate surface area is 176 Å².